The van der Waals surface area contributed by atoms with Crippen LogP contribution < -0.4 is 9.80 Å². The number of amides is 1. The number of para-hydroxylation sites is 1. The minimum absolute atomic E-state index is 0.0459. The molecule has 1 aliphatic rings. The monoisotopic (exact) mass is 522 g/mol. The van der Waals surface area contributed by atoms with Crippen molar-refractivity contribution in [3.05, 3.63) is 59.2 Å². The van der Waals surface area contributed by atoms with Crippen LogP contribution in [0.1, 0.15) is 77.1 Å². The number of benzene rings is 2. The molecule has 0 aromatic heterocycles. The second-order valence-corrected chi connectivity index (χ2v) is 10.5. The summed E-state index contributed by atoms with van der Waals surface area (Å²) in [4.78, 5) is 17.0. The van der Waals surface area contributed by atoms with Crippen LogP contribution in [0.5, 0.6) is 17.2 Å². The van der Waals surface area contributed by atoms with Crippen molar-refractivity contribution in [3.8, 4) is 17.2 Å². The van der Waals surface area contributed by atoms with E-state index in [1.54, 1.807) is 29.0 Å². The predicted octanol–water partition coefficient (Wildman–Crippen LogP) is 7.19. The van der Waals surface area contributed by atoms with Gasteiger partial charge in [0.1, 0.15) is 22.9 Å². The second kappa shape index (κ2) is 12.4. The molecule has 1 amide bonds. The smallest absolute Gasteiger partial charge is 0.260 e. The highest BCUT2D eigenvalue weighted by atomic mass is 16.5. The van der Waals surface area contributed by atoms with E-state index in [9.17, 15) is 20.1 Å². The normalized spacial score (nSPS) is 15.0. The van der Waals surface area contributed by atoms with E-state index in [4.69, 9.17) is 4.74 Å². The van der Waals surface area contributed by atoms with E-state index in [0.717, 1.165) is 37.7 Å². The first-order valence-corrected chi connectivity index (χ1v) is 13.3. The standard InChI is InChI=1S/C31H42N2O5/c1-7-32-28-24(13-8-14-26(28)35)30(37)33(25-19-23(34)20-27(36)29(25)32)18-15-22(4)12-10-17-31(5,38-6)16-9-11-21(2)3/h8,11,13-15,19-20,34-36H,7,9-10,12,16-18H2,1-6H3. The number of hydrogen-bond acceptors (Lipinski definition) is 6. The molecule has 1 atom stereocenters. The largest absolute Gasteiger partial charge is 0.508 e. The van der Waals surface area contributed by atoms with Crippen LogP contribution >= 0.6 is 0 Å². The quantitative estimate of drug-likeness (QED) is 0.271. The van der Waals surface area contributed by atoms with Gasteiger partial charge in [-0.2, -0.15) is 0 Å². The van der Waals surface area contributed by atoms with Gasteiger partial charge >= 0.3 is 0 Å². The minimum atomic E-state index is -0.312. The molecule has 1 heterocycles. The maximum atomic E-state index is 13.8. The van der Waals surface area contributed by atoms with Crippen LogP contribution in [0.25, 0.3) is 0 Å². The first kappa shape index (κ1) is 29.1. The number of phenolic OH excluding ortho intramolecular Hbond substituents is 3. The van der Waals surface area contributed by atoms with Gasteiger partial charge in [-0.05, 0) is 78.9 Å². The summed E-state index contributed by atoms with van der Waals surface area (Å²) in [5.41, 5.74) is 3.71. The van der Waals surface area contributed by atoms with Gasteiger partial charge < -0.3 is 29.9 Å². The molecule has 206 valence electrons. The Morgan fingerprint density at radius 3 is 2.39 bits per heavy atom. The summed E-state index contributed by atoms with van der Waals surface area (Å²) < 4.78 is 5.84. The highest BCUT2D eigenvalue weighted by Crippen LogP contribution is 2.49. The number of rotatable bonds is 11. The molecular formula is C31H42N2O5. The average Bonchev–Trinajstić information content (AvgIpc) is 2.95. The number of fused-ring (bicyclic) bond motifs is 2. The number of phenols is 3. The molecule has 2 aromatic rings. The summed E-state index contributed by atoms with van der Waals surface area (Å²) in [5.74, 6) is -0.662. The van der Waals surface area contributed by atoms with E-state index in [1.165, 1.54) is 23.8 Å². The zero-order valence-corrected chi connectivity index (χ0v) is 23.5. The van der Waals surface area contributed by atoms with E-state index in [-0.39, 0.29) is 35.3 Å². The van der Waals surface area contributed by atoms with Crippen molar-refractivity contribution in [1.82, 2.24) is 0 Å². The van der Waals surface area contributed by atoms with Crippen LogP contribution in [-0.4, -0.2) is 47.0 Å². The summed E-state index contributed by atoms with van der Waals surface area (Å²) in [5, 5.41) is 31.8. The molecule has 0 aliphatic carbocycles. The van der Waals surface area contributed by atoms with Gasteiger partial charge in [0, 0.05) is 32.3 Å². The predicted molar refractivity (Wildman–Crippen MR) is 154 cm³/mol. The summed E-state index contributed by atoms with van der Waals surface area (Å²) >= 11 is 0. The summed E-state index contributed by atoms with van der Waals surface area (Å²) in [7, 11) is 1.77. The molecular weight excluding hydrogens is 480 g/mol. The van der Waals surface area contributed by atoms with Gasteiger partial charge in [-0.25, -0.2) is 0 Å². The molecule has 1 aliphatic heterocycles. The Hall–Kier alpha value is -3.45. The van der Waals surface area contributed by atoms with Crippen molar-refractivity contribution >= 4 is 23.0 Å². The van der Waals surface area contributed by atoms with Gasteiger partial charge in [0.2, 0.25) is 0 Å². The SMILES string of the molecule is CCN1c2c(O)cccc2C(=O)N(CC=C(C)CCCC(C)(CCC=C(C)C)OC)c2cc(O)cc(O)c21. The first-order chi connectivity index (χ1) is 18.0. The number of carbonyl (C=O) groups is 1. The topological polar surface area (TPSA) is 93.5 Å². The molecule has 38 heavy (non-hydrogen) atoms. The Labute approximate surface area is 226 Å². The molecule has 0 bridgehead atoms. The van der Waals surface area contributed by atoms with Crippen molar-refractivity contribution in [3.63, 3.8) is 0 Å². The van der Waals surface area contributed by atoms with Crippen LogP contribution in [0.4, 0.5) is 17.1 Å². The second-order valence-electron chi connectivity index (χ2n) is 10.5. The minimum Gasteiger partial charge on any atom is -0.508 e. The lowest BCUT2D eigenvalue weighted by Crippen LogP contribution is -2.30. The molecule has 0 saturated carbocycles. The Balaban J connectivity index is 1.85. The number of methoxy groups -OCH3 is 1. The molecule has 7 heteroatoms. The highest BCUT2D eigenvalue weighted by molar-refractivity contribution is 6.15. The third-order valence-corrected chi connectivity index (χ3v) is 7.31. The van der Waals surface area contributed by atoms with Crippen molar-refractivity contribution in [2.24, 2.45) is 0 Å². The number of hydrogen-bond donors (Lipinski definition) is 3. The van der Waals surface area contributed by atoms with Gasteiger partial charge in [0.15, 0.2) is 0 Å². The fourth-order valence-electron chi connectivity index (χ4n) is 5.01. The molecule has 3 N–H and O–H groups in total. The van der Waals surface area contributed by atoms with Crippen LogP contribution in [-0.2, 0) is 4.74 Å². The first-order valence-electron chi connectivity index (χ1n) is 13.3. The van der Waals surface area contributed by atoms with E-state index >= 15 is 0 Å². The molecule has 3 rings (SSSR count). The van der Waals surface area contributed by atoms with Gasteiger partial charge in [-0.3, -0.25) is 4.79 Å². The van der Waals surface area contributed by atoms with Crippen LogP contribution in [0.2, 0.25) is 0 Å². The Morgan fingerprint density at radius 2 is 1.74 bits per heavy atom. The maximum absolute atomic E-state index is 13.8. The van der Waals surface area contributed by atoms with E-state index in [1.807, 2.05) is 13.0 Å². The third-order valence-electron chi connectivity index (χ3n) is 7.31. The number of carbonyl (C=O) groups excluding carboxylic acids is 1. The molecule has 2 aromatic carbocycles. The molecule has 0 spiro atoms. The maximum Gasteiger partial charge on any atom is 0.260 e. The fraction of sp³-hybridized carbons (Fsp3) is 0.452. The van der Waals surface area contributed by atoms with Gasteiger partial charge in [0.25, 0.3) is 5.91 Å². The lowest BCUT2D eigenvalue weighted by atomic mass is 9.92. The number of ether oxygens (including phenoxy) is 1. The highest BCUT2D eigenvalue weighted by Gasteiger charge is 2.34. The van der Waals surface area contributed by atoms with Crippen LogP contribution in [0, 0.1) is 0 Å². The average molecular weight is 523 g/mol. The van der Waals surface area contributed by atoms with Crippen molar-refractivity contribution in [2.75, 3.05) is 30.0 Å². The Bertz CT molecular complexity index is 1210. The number of anilines is 3. The Morgan fingerprint density at radius 1 is 1.00 bits per heavy atom. The van der Waals surface area contributed by atoms with Gasteiger partial charge in [0.05, 0.1) is 22.5 Å². The molecule has 0 saturated heterocycles. The summed E-state index contributed by atoms with van der Waals surface area (Å²) in [6.45, 7) is 11.0. The van der Waals surface area contributed by atoms with Crippen molar-refractivity contribution < 1.29 is 24.9 Å². The van der Waals surface area contributed by atoms with Crippen LogP contribution in [0.3, 0.4) is 0 Å². The van der Waals surface area contributed by atoms with Gasteiger partial charge in [-0.15, -0.1) is 0 Å². The molecule has 1 unspecified atom stereocenters. The molecule has 0 fully saturated rings. The van der Waals surface area contributed by atoms with Gasteiger partial charge in [-0.1, -0.05) is 29.4 Å². The number of nitrogens with zero attached hydrogens (tertiary/aromatic N) is 2. The summed E-state index contributed by atoms with van der Waals surface area (Å²) in [6, 6.07) is 7.57. The third kappa shape index (κ3) is 6.51. The van der Waals surface area contributed by atoms with E-state index in [2.05, 4.69) is 33.8 Å². The lowest BCUT2D eigenvalue weighted by molar-refractivity contribution is -0.00881. The lowest BCUT2D eigenvalue weighted by Gasteiger charge is -2.28. The molecule has 7 nitrogen and oxygen atoms in total. The number of allylic oxidation sites excluding steroid dienone is 3. The number of aromatic hydroxyl groups is 3. The summed E-state index contributed by atoms with van der Waals surface area (Å²) in [6.07, 6.45) is 8.95. The molecule has 0 radical (unpaired) electrons. The van der Waals surface area contributed by atoms with Crippen molar-refractivity contribution in [1.29, 1.82) is 0 Å². The van der Waals surface area contributed by atoms with Crippen molar-refractivity contribution in [2.45, 2.75) is 72.3 Å². The zero-order chi connectivity index (χ0) is 28.0. The van der Waals surface area contributed by atoms with E-state index in [0.29, 0.717) is 29.2 Å². The fourth-order valence-corrected chi connectivity index (χ4v) is 5.01. The Kier molecular flexibility index (Phi) is 9.50. The zero-order valence-electron chi connectivity index (χ0n) is 23.5. The van der Waals surface area contributed by atoms with E-state index < -0.39 is 0 Å². The van der Waals surface area contributed by atoms with Crippen LogP contribution in [0.15, 0.2) is 53.6 Å².